The van der Waals surface area contributed by atoms with Crippen LogP contribution in [0.3, 0.4) is 0 Å². The van der Waals surface area contributed by atoms with Crippen molar-refractivity contribution in [2.45, 2.75) is 13.2 Å². The fourth-order valence-electron chi connectivity index (χ4n) is 1.02. The zero-order valence-corrected chi connectivity index (χ0v) is 11.5. The number of hydrogen-bond donors (Lipinski definition) is 0. The Hall–Kier alpha value is -1.03. The Labute approximate surface area is 106 Å². The van der Waals surface area contributed by atoms with Crippen molar-refractivity contribution in [3.63, 3.8) is 0 Å². The number of rotatable bonds is 6. The van der Waals surface area contributed by atoms with Crippen molar-refractivity contribution in [2.24, 2.45) is 0 Å². The molecule has 0 saturated heterocycles. The summed E-state index contributed by atoms with van der Waals surface area (Å²) in [6.45, 7) is -0.406. The van der Waals surface area contributed by atoms with Crippen LogP contribution in [-0.2, 0) is 41.8 Å². The van der Waals surface area contributed by atoms with Crippen molar-refractivity contribution in [1.29, 1.82) is 0 Å². The molecule has 0 spiro atoms. The largest absolute Gasteiger partial charge is 0.264 e. The second kappa shape index (κ2) is 5.74. The number of nitrogens with zero attached hydrogens (tertiary/aromatic N) is 1. The molecular formula is C9H13NO6S2. The maximum Gasteiger partial charge on any atom is 0.264 e. The summed E-state index contributed by atoms with van der Waals surface area (Å²) in [6.07, 6.45) is 1.87. The molecule has 0 fully saturated rings. The van der Waals surface area contributed by atoms with Gasteiger partial charge >= 0.3 is 0 Å². The Balaban J connectivity index is 2.68. The minimum atomic E-state index is -3.54. The van der Waals surface area contributed by atoms with Crippen LogP contribution in [0.1, 0.15) is 11.4 Å². The van der Waals surface area contributed by atoms with E-state index in [0.717, 1.165) is 12.5 Å². The lowest BCUT2D eigenvalue weighted by Crippen LogP contribution is -2.07. The van der Waals surface area contributed by atoms with Gasteiger partial charge < -0.3 is 0 Å². The van der Waals surface area contributed by atoms with Crippen LogP contribution in [-0.4, -0.2) is 34.3 Å². The molecule has 18 heavy (non-hydrogen) atoms. The van der Waals surface area contributed by atoms with Gasteiger partial charge in [-0.2, -0.15) is 16.8 Å². The van der Waals surface area contributed by atoms with Crippen LogP contribution < -0.4 is 0 Å². The maximum absolute atomic E-state index is 10.8. The third-order valence-electron chi connectivity index (χ3n) is 1.71. The molecule has 0 amide bonds. The van der Waals surface area contributed by atoms with Gasteiger partial charge in [-0.1, -0.05) is 6.07 Å². The Bertz CT molecular complexity index is 556. The third-order valence-corrected chi connectivity index (χ3v) is 2.80. The van der Waals surface area contributed by atoms with Gasteiger partial charge in [0.15, 0.2) is 0 Å². The monoisotopic (exact) mass is 295 g/mol. The van der Waals surface area contributed by atoms with Crippen molar-refractivity contribution >= 4 is 20.2 Å². The first-order chi connectivity index (χ1) is 8.16. The molecule has 102 valence electrons. The predicted molar refractivity (Wildman–Crippen MR) is 63.5 cm³/mol. The van der Waals surface area contributed by atoms with Gasteiger partial charge in [-0.25, -0.2) is 0 Å². The normalized spacial score (nSPS) is 12.6. The molecule has 0 aromatic carbocycles. The molecule has 0 bridgehead atoms. The molecular weight excluding hydrogens is 282 g/mol. The summed E-state index contributed by atoms with van der Waals surface area (Å²) < 4.78 is 52.3. The standard InChI is InChI=1S/C9H13NO6S2/c1-17(11,12)15-6-8-4-3-5-9(10-8)7-16-18(2,13)14/h3-5H,6-7H2,1-2H3. The van der Waals surface area contributed by atoms with Crippen LogP contribution in [0.5, 0.6) is 0 Å². The minimum Gasteiger partial charge on any atom is -0.264 e. The predicted octanol–water partition coefficient (Wildman–Crippen LogP) is 0.0340. The quantitative estimate of drug-likeness (QED) is 0.683. The van der Waals surface area contributed by atoms with Gasteiger partial charge in [0, 0.05) is 0 Å². The van der Waals surface area contributed by atoms with E-state index in [9.17, 15) is 16.8 Å². The lowest BCUT2D eigenvalue weighted by atomic mass is 10.3. The number of pyridine rings is 1. The zero-order chi connectivity index (χ0) is 13.8. The summed E-state index contributed by atoms with van der Waals surface area (Å²) in [7, 11) is -7.08. The molecule has 1 aromatic rings. The fraction of sp³-hybridized carbons (Fsp3) is 0.444. The summed E-state index contributed by atoms with van der Waals surface area (Å²) in [5, 5.41) is 0. The molecule has 0 aliphatic rings. The highest BCUT2D eigenvalue weighted by Gasteiger charge is 2.06. The molecule has 9 heteroatoms. The van der Waals surface area contributed by atoms with Gasteiger partial charge in [-0.3, -0.25) is 13.4 Å². The third kappa shape index (κ3) is 6.64. The first-order valence-electron chi connectivity index (χ1n) is 4.79. The summed E-state index contributed by atoms with van der Waals surface area (Å²) >= 11 is 0. The van der Waals surface area contributed by atoms with Crippen molar-refractivity contribution in [1.82, 2.24) is 4.98 Å². The topological polar surface area (TPSA) is 99.6 Å². The Kier molecular flexibility index (Phi) is 4.79. The van der Waals surface area contributed by atoms with Gasteiger partial charge in [-0.05, 0) is 12.1 Å². The first kappa shape index (κ1) is 15.0. The Morgan fingerprint density at radius 2 is 1.33 bits per heavy atom. The lowest BCUT2D eigenvalue weighted by molar-refractivity contribution is 0.297. The van der Waals surface area contributed by atoms with Gasteiger partial charge in [0.2, 0.25) is 0 Å². The van der Waals surface area contributed by atoms with Crippen LogP contribution >= 0.6 is 0 Å². The molecule has 7 nitrogen and oxygen atoms in total. The van der Waals surface area contributed by atoms with E-state index in [1.54, 1.807) is 18.2 Å². The Morgan fingerprint density at radius 3 is 1.67 bits per heavy atom. The molecule has 1 rings (SSSR count). The minimum absolute atomic E-state index is 0.203. The van der Waals surface area contributed by atoms with E-state index in [1.165, 1.54) is 0 Å². The van der Waals surface area contributed by atoms with Gasteiger partial charge in [0.05, 0.1) is 23.9 Å². The molecule has 0 saturated carbocycles. The maximum atomic E-state index is 10.8. The van der Waals surface area contributed by atoms with Crippen LogP contribution in [0.2, 0.25) is 0 Å². The van der Waals surface area contributed by atoms with Crippen molar-refractivity contribution in [3.05, 3.63) is 29.6 Å². The molecule has 0 atom stereocenters. The van der Waals surface area contributed by atoms with Crippen molar-refractivity contribution in [3.8, 4) is 0 Å². The molecule has 0 aliphatic heterocycles. The van der Waals surface area contributed by atoms with Crippen LogP contribution in [0.15, 0.2) is 18.2 Å². The van der Waals surface area contributed by atoms with Crippen LogP contribution in [0.4, 0.5) is 0 Å². The van der Waals surface area contributed by atoms with Gasteiger partial charge in [0.25, 0.3) is 20.2 Å². The number of aromatic nitrogens is 1. The van der Waals surface area contributed by atoms with Gasteiger partial charge in [-0.15, -0.1) is 0 Å². The van der Waals surface area contributed by atoms with E-state index >= 15 is 0 Å². The fourth-order valence-corrected chi connectivity index (χ4v) is 1.69. The van der Waals surface area contributed by atoms with E-state index in [0.29, 0.717) is 11.4 Å². The highest BCUT2D eigenvalue weighted by atomic mass is 32.2. The van der Waals surface area contributed by atoms with Gasteiger partial charge in [0.1, 0.15) is 13.2 Å². The summed E-state index contributed by atoms with van der Waals surface area (Å²) in [5.74, 6) is 0. The molecule has 0 unspecified atom stereocenters. The molecule has 0 radical (unpaired) electrons. The van der Waals surface area contributed by atoms with E-state index in [1.807, 2.05) is 0 Å². The summed E-state index contributed by atoms with van der Waals surface area (Å²) in [6, 6.07) is 4.74. The van der Waals surface area contributed by atoms with E-state index < -0.39 is 20.2 Å². The molecule has 0 N–H and O–H groups in total. The van der Waals surface area contributed by atoms with Crippen molar-refractivity contribution in [2.75, 3.05) is 12.5 Å². The van der Waals surface area contributed by atoms with Crippen LogP contribution in [0, 0.1) is 0 Å². The average molecular weight is 295 g/mol. The summed E-state index contributed by atoms with van der Waals surface area (Å²) in [4.78, 5) is 4.00. The lowest BCUT2D eigenvalue weighted by Gasteiger charge is -2.04. The average Bonchev–Trinajstić information content (AvgIpc) is 2.22. The molecule has 0 aliphatic carbocycles. The van der Waals surface area contributed by atoms with E-state index in [-0.39, 0.29) is 13.2 Å². The highest BCUT2D eigenvalue weighted by molar-refractivity contribution is 7.86. The SMILES string of the molecule is CS(=O)(=O)OCc1cccc(COS(C)(=O)=O)n1. The molecule has 1 aromatic heterocycles. The molecule has 1 heterocycles. The zero-order valence-electron chi connectivity index (χ0n) is 9.86. The highest BCUT2D eigenvalue weighted by Crippen LogP contribution is 2.05. The smallest absolute Gasteiger partial charge is 0.264 e. The van der Waals surface area contributed by atoms with E-state index in [4.69, 9.17) is 0 Å². The van der Waals surface area contributed by atoms with Crippen molar-refractivity contribution < 1.29 is 25.2 Å². The second-order valence-electron chi connectivity index (χ2n) is 3.55. The second-order valence-corrected chi connectivity index (χ2v) is 6.84. The summed E-state index contributed by atoms with van der Waals surface area (Å²) in [5.41, 5.74) is 0.741. The first-order valence-corrected chi connectivity index (χ1v) is 8.43. The van der Waals surface area contributed by atoms with Crippen LogP contribution in [0.25, 0.3) is 0 Å². The van der Waals surface area contributed by atoms with E-state index in [2.05, 4.69) is 13.4 Å². The Morgan fingerprint density at radius 1 is 0.944 bits per heavy atom. The number of hydrogen-bond acceptors (Lipinski definition) is 7.